The van der Waals surface area contributed by atoms with Crippen molar-refractivity contribution in [1.82, 2.24) is 10.6 Å². The summed E-state index contributed by atoms with van der Waals surface area (Å²) in [7, 11) is 0. The summed E-state index contributed by atoms with van der Waals surface area (Å²) >= 11 is 4.41. The van der Waals surface area contributed by atoms with Crippen molar-refractivity contribution in [3.05, 3.63) is 0 Å². The minimum Gasteiger partial charge on any atom is -0.356 e. The predicted octanol–water partition coefficient (Wildman–Crippen LogP) is -0.397. The number of carbonyl (C=O) groups excluding carboxylic acids is 2. The van der Waals surface area contributed by atoms with Gasteiger partial charge in [0.1, 0.15) is 0 Å². The standard InChI is InChI=1S/C3H6N2O.CH2ClNO/c6-3-4-1-2-5-3;2-1(3)4/h1-2H2,(H2,4,5,6);(H2,3,4). The molecule has 1 aliphatic rings. The lowest BCUT2D eigenvalue weighted by molar-refractivity contribution is 0.248. The minimum absolute atomic E-state index is 0.0463. The molecule has 0 bridgehead atoms. The van der Waals surface area contributed by atoms with E-state index in [0.717, 1.165) is 13.1 Å². The number of hydrogen-bond donors (Lipinski definition) is 3. The molecule has 0 aromatic heterocycles. The third-order valence-corrected chi connectivity index (χ3v) is 0.696. The summed E-state index contributed by atoms with van der Waals surface area (Å²) in [6.07, 6.45) is 0. The van der Waals surface area contributed by atoms with Gasteiger partial charge in [0.25, 0.3) is 0 Å². The zero-order chi connectivity index (χ0) is 7.98. The smallest absolute Gasteiger partial charge is 0.314 e. The van der Waals surface area contributed by atoms with E-state index < -0.39 is 5.37 Å². The molecule has 0 spiro atoms. The monoisotopic (exact) mass is 165 g/mol. The van der Waals surface area contributed by atoms with Crippen LogP contribution in [0.5, 0.6) is 0 Å². The molecule has 0 unspecified atom stereocenters. The summed E-state index contributed by atoms with van der Waals surface area (Å²) in [5, 5.41) is 4.28. The number of nitrogens with two attached hydrogens (primary N) is 1. The van der Waals surface area contributed by atoms with E-state index in [0.29, 0.717) is 0 Å². The molecule has 0 radical (unpaired) electrons. The molecule has 1 rings (SSSR count). The second-order valence-electron chi connectivity index (χ2n) is 1.49. The van der Waals surface area contributed by atoms with Gasteiger partial charge in [-0.25, -0.2) is 4.79 Å². The van der Waals surface area contributed by atoms with Gasteiger partial charge >= 0.3 is 11.4 Å². The van der Waals surface area contributed by atoms with Gasteiger partial charge in [-0.05, 0) is 11.6 Å². The van der Waals surface area contributed by atoms with Crippen LogP contribution in [0.15, 0.2) is 0 Å². The van der Waals surface area contributed by atoms with Crippen LogP contribution >= 0.6 is 11.6 Å². The summed E-state index contributed by atoms with van der Waals surface area (Å²) in [4.78, 5) is 19.0. The van der Waals surface area contributed by atoms with Crippen LogP contribution in [0.4, 0.5) is 9.59 Å². The van der Waals surface area contributed by atoms with Gasteiger partial charge in [-0.2, -0.15) is 0 Å². The molecule has 10 heavy (non-hydrogen) atoms. The average molecular weight is 166 g/mol. The molecule has 4 N–H and O–H groups in total. The lowest BCUT2D eigenvalue weighted by Gasteiger charge is -1.80. The molecule has 0 aromatic rings. The summed E-state index contributed by atoms with van der Waals surface area (Å²) in [6, 6.07) is -0.0463. The van der Waals surface area contributed by atoms with Crippen LogP contribution in [0.1, 0.15) is 0 Å². The molecule has 1 heterocycles. The zero-order valence-corrected chi connectivity index (χ0v) is 5.94. The molecule has 5 nitrogen and oxygen atoms in total. The summed E-state index contributed by atoms with van der Waals surface area (Å²) in [5.41, 5.74) is 4.24. The minimum atomic E-state index is -0.861. The highest BCUT2D eigenvalue weighted by molar-refractivity contribution is 6.62. The van der Waals surface area contributed by atoms with Crippen molar-refractivity contribution in [2.75, 3.05) is 13.1 Å². The molecule has 0 aliphatic carbocycles. The van der Waals surface area contributed by atoms with Gasteiger partial charge < -0.3 is 16.4 Å². The van der Waals surface area contributed by atoms with Gasteiger partial charge in [0.15, 0.2) is 0 Å². The first kappa shape index (κ1) is 9.03. The highest BCUT2D eigenvalue weighted by Crippen LogP contribution is 1.70. The van der Waals surface area contributed by atoms with E-state index in [1.165, 1.54) is 0 Å². The van der Waals surface area contributed by atoms with Gasteiger partial charge in [-0.1, -0.05) is 0 Å². The maximum absolute atomic E-state index is 10.0. The Morgan fingerprint density at radius 3 is 1.90 bits per heavy atom. The van der Waals surface area contributed by atoms with Gasteiger partial charge in [0, 0.05) is 13.1 Å². The number of hydrogen-bond acceptors (Lipinski definition) is 2. The lowest BCUT2D eigenvalue weighted by Crippen LogP contribution is -2.20. The number of carbonyl (C=O) groups is 2. The molecule has 1 saturated heterocycles. The van der Waals surface area contributed by atoms with Gasteiger partial charge in [0.05, 0.1) is 0 Å². The Morgan fingerprint density at radius 2 is 1.80 bits per heavy atom. The van der Waals surface area contributed by atoms with E-state index in [1.807, 2.05) is 0 Å². The fourth-order valence-corrected chi connectivity index (χ4v) is 0.415. The van der Waals surface area contributed by atoms with E-state index in [4.69, 9.17) is 4.79 Å². The Hall–Kier alpha value is -0.970. The normalized spacial score (nSPS) is 14.3. The maximum Gasteiger partial charge on any atom is 0.314 e. The molecule has 6 heteroatoms. The molecule has 3 amide bonds. The molecule has 0 saturated carbocycles. The molecule has 0 atom stereocenters. The number of rotatable bonds is 0. The van der Waals surface area contributed by atoms with Crippen molar-refractivity contribution in [3.63, 3.8) is 0 Å². The average Bonchev–Trinajstić information content (AvgIpc) is 2.15. The largest absolute Gasteiger partial charge is 0.356 e. The molecule has 0 aromatic carbocycles. The quantitative estimate of drug-likeness (QED) is 0.337. The van der Waals surface area contributed by atoms with Crippen LogP contribution in [0.25, 0.3) is 0 Å². The first-order valence-electron chi connectivity index (χ1n) is 2.59. The van der Waals surface area contributed by atoms with Gasteiger partial charge in [-0.15, -0.1) is 0 Å². The van der Waals surface area contributed by atoms with E-state index in [2.05, 4.69) is 28.0 Å². The third-order valence-electron chi connectivity index (χ3n) is 0.696. The topological polar surface area (TPSA) is 84.2 Å². The van der Waals surface area contributed by atoms with Crippen molar-refractivity contribution in [1.29, 1.82) is 0 Å². The maximum atomic E-state index is 10.0. The van der Waals surface area contributed by atoms with Crippen LogP contribution in [0, 0.1) is 0 Å². The first-order valence-corrected chi connectivity index (χ1v) is 2.97. The summed E-state index contributed by atoms with van der Waals surface area (Å²) in [6.45, 7) is 1.55. The van der Waals surface area contributed by atoms with Crippen molar-refractivity contribution in [2.45, 2.75) is 0 Å². The Labute approximate surface area is 62.9 Å². The van der Waals surface area contributed by atoms with E-state index in [9.17, 15) is 4.79 Å². The molecule has 1 aliphatic heterocycles. The van der Waals surface area contributed by atoms with Crippen molar-refractivity contribution in [2.24, 2.45) is 5.73 Å². The van der Waals surface area contributed by atoms with Gasteiger partial charge in [-0.3, -0.25) is 4.79 Å². The molecule has 1 fully saturated rings. The molecule has 58 valence electrons. The summed E-state index contributed by atoms with van der Waals surface area (Å²) in [5.74, 6) is 0. The Kier molecular flexibility index (Phi) is 4.39. The highest BCUT2D eigenvalue weighted by atomic mass is 35.5. The Balaban J connectivity index is 0.000000180. The number of amides is 3. The van der Waals surface area contributed by atoms with Crippen LogP contribution < -0.4 is 16.4 Å². The number of urea groups is 1. The Bertz CT molecular complexity index is 126. The predicted molar refractivity (Wildman–Crippen MR) is 36.8 cm³/mol. The number of halogens is 1. The van der Waals surface area contributed by atoms with Crippen molar-refractivity contribution < 1.29 is 9.59 Å². The second-order valence-corrected chi connectivity index (χ2v) is 1.86. The van der Waals surface area contributed by atoms with Crippen LogP contribution in [0.3, 0.4) is 0 Å². The van der Waals surface area contributed by atoms with Crippen LogP contribution in [-0.4, -0.2) is 24.5 Å². The summed E-state index contributed by atoms with van der Waals surface area (Å²) < 4.78 is 0. The Morgan fingerprint density at radius 1 is 1.50 bits per heavy atom. The zero-order valence-electron chi connectivity index (χ0n) is 5.19. The molecular weight excluding hydrogens is 158 g/mol. The lowest BCUT2D eigenvalue weighted by atomic mass is 10.7. The fourth-order valence-electron chi connectivity index (χ4n) is 0.415. The van der Waals surface area contributed by atoms with Crippen molar-refractivity contribution in [3.8, 4) is 0 Å². The van der Waals surface area contributed by atoms with Crippen LogP contribution in [-0.2, 0) is 0 Å². The molecular formula is C4H8ClN3O2. The second kappa shape index (κ2) is 4.87. The SMILES string of the molecule is NC(=O)Cl.O=C1NCCN1. The van der Waals surface area contributed by atoms with Crippen LogP contribution in [0.2, 0.25) is 0 Å². The van der Waals surface area contributed by atoms with Gasteiger partial charge in [0.2, 0.25) is 0 Å². The number of primary amides is 1. The van der Waals surface area contributed by atoms with Crippen molar-refractivity contribution >= 4 is 23.0 Å². The van der Waals surface area contributed by atoms with E-state index >= 15 is 0 Å². The fraction of sp³-hybridized carbons (Fsp3) is 0.500. The highest BCUT2D eigenvalue weighted by Gasteiger charge is 2.02. The van der Waals surface area contributed by atoms with E-state index in [1.54, 1.807) is 0 Å². The van der Waals surface area contributed by atoms with E-state index in [-0.39, 0.29) is 6.03 Å². The third kappa shape index (κ3) is 7.03. The number of nitrogens with one attached hydrogen (secondary N) is 2. The first-order chi connectivity index (χ1) is 4.63.